The number of pyridine rings is 1. The molecule has 0 radical (unpaired) electrons. The van der Waals surface area contributed by atoms with Crippen LogP contribution in [0.2, 0.25) is 0 Å². The topological polar surface area (TPSA) is 63.7 Å². The van der Waals surface area contributed by atoms with Crippen molar-refractivity contribution in [3.05, 3.63) is 42.1 Å². The van der Waals surface area contributed by atoms with Gasteiger partial charge in [0, 0.05) is 31.0 Å². The summed E-state index contributed by atoms with van der Waals surface area (Å²) in [5, 5.41) is 3.20. The lowest BCUT2D eigenvalue weighted by Crippen LogP contribution is -2.35. The van der Waals surface area contributed by atoms with E-state index in [2.05, 4.69) is 10.3 Å². The number of hydrogen-bond donors (Lipinski definition) is 1. The van der Waals surface area contributed by atoms with Gasteiger partial charge < -0.3 is 19.7 Å². The zero-order valence-corrected chi connectivity index (χ0v) is 14.6. The number of carbonyl (C=O) groups excluding carboxylic acids is 1. The molecule has 1 aromatic heterocycles. The Morgan fingerprint density at radius 3 is 2.44 bits per heavy atom. The Morgan fingerprint density at radius 2 is 1.80 bits per heavy atom. The number of aromatic nitrogens is 1. The van der Waals surface area contributed by atoms with Crippen molar-refractivity contribution in [3.63, 3.8) is 0 Å². The van der Waals surface area contributed by atoms with Crippen molar-refractivity contribution < 1.29 is 14.3 Å². The minimum atomic E-state index is 0.0601. The molecular weight excluding hydrogens is 318 g/mol. The first-order valence-corrected chi connectivity index (χ1v) is 8.45. The van der Waals surface area contributed by atoms with Crippen molar-refractivity contribution in [3.8, 4) is 11.5 Å². The summed E-state index contributed by atoms with van der Waals surface area (Å²) in [6.07, 6.45) is 4.99. The first-order chi connectivity index (χ1) is 12.2. The molecule has 1 aliphatic heterocycles. The Hall–Kier alpha value is -2.76. The predicted molar refractivity (Wildman–Crippen MR) is 96.8 cm³/mol. The molecule has 2 aromatic rings. The Bertz CT molecular complexity index is 725. The molecule has 1 aliphatic rings. The van der Waals surface area contributed by atoms with Gasteiger partial charge in [-0.2, -0.15) is 0 Å². The second-order valence-corrected chi connectivity index (χ2v) is 5.98. The summed E-state index contributed by atoms with van der Waals surface area (Å²) in [6, 6.07) is 9.18. The van der Waals surface area contributed by atoms with Crippen molar-refractivity contribution in [2.24, 2.45) is 0 Å². The molecule has 25 heavy (non-hydrogen) atoms. The number of nitrogens with one attached hydrogen (secondary N) is 1. The third-order valence-corrected chi connectivity index (χ3v) is 4.31. The zero-order chi connectivity index (χ0) is 17.6. The van der Waals surface area contributed by atoms with E-state index in [1.807, 2.05) is 35.2 Å². The summed E-state index contributed by atoms with van der Waals surface area (Å²) in [6.45, 7) is 1.68. The third kappa shape index (κ3) is 4.02. The molecule has 1 amide bonds. The van der Waals surface area contributed by atoms with Gasteiger partial charge in [0.15, 0.2) is 11.5 Å². The second kappa shape index (κ2) is 7.88. The summed E-state index contributed by atoms with van der Waals surface area (Å²) < 4.78 is 10.5. The first-order valence-electron chi connectivity index (χ1n) is 8.45. The average Bonchev–Trinajstić information content (AvgIpc) is 2.68. The molecule has 1 aromatic carbocycles. The highest BCUT2D eigenvalue weighted by atomic mass is 16.5. The van der Waals surface area contributed by atoms with Crippen LogP contribution in [-0.2, 0) is 0 Å². The Morgan fingerprint density at radius 1 is 1.04 bits per heavy atom. The van der Waals surface area contributed by atoms with Gasteiger partial charge in [0.05, 0.1) is 19.8 Å². The van der Waals surface area contributed by atoms with Gasteiger partial charge >= 0.3 is 0 Å². The number of hydrogen-bond acceptors (Lipinski definition) is 5. The predicted octanol–water partition coefficient (Wildman–Crippen LogP) is 3.47. The maximum absolute atomic E-state index is 12.5. The fourth-order valence-electron chi connectivity index (χ4n) is 2.94. The highest BCUT2D eigenvalue weighted by Gasteiger charge is 2.18. The van der Waals surface area contributed by atoms with Crippen molar-refractivity contribution in [2.75, 3.05) is 32.6 Å². The molecular formula is C19H23N3O3. The van der Waals surface area contributed by atoms with Crippen LogP contribution in [0.3, 0.4) is 0 Å². The van der Waals surface area contributed by atoms with Crippen molar-refractivity contribution in [2.45, 2.75) is 19.3 Å². The normalized spacial score (nSPS) is 14.1. The summed E-state index contributed by atoms with van der Waals surface area (Å²) >= 11 is 0. The highest BCUT2D eigenvalue weighted by molar-refractivity contribution is 5.94. The number of nitrogens with zero attached hydrogens (tertiary/aromatic N) is 2. The van der Waals surface area contributed by atoms with Crippen LogP contribution in [0.1, 0.15) is 29.6 Å². The molecule has 0 spiro atoms. The molecule has 1 saturated heterocycles. The third-order valence-electron chi connectivity index (χ3n) is 4.31. The van der Waals surface area contributed by atoms with Crippen LogP contribution < -0.4 is 14.8 Å². The molecule has 0 aliphatic carbocycles. The van der Waals surface area contributed by atoms with E-state index in [1.165, 1.54) is 6.42 Å². The number of benzene rings is 1. The van der Waals surface area contributed by atoms with Gasteiger partial charge in [-0.15, -0.1) is 0 Å². The number of likely N-dealkylation sites (tertiary alicyclic amines) is 1. The van der Waals surface area contributed by atoms with E-state index < -0.39 is 0 Å². The van der Waals surface area contributed by atoms with Crippen LogP contribution in [0.15, 0.2) is 36.5 Å². The maximum atomic E-state index is 12.5. The van der Waals surface area contributed by atoms with Crippen LogP contribution >= 0.6 is 0 Å². The minimum Gasteiger partial charge on any atom is -0.493 e. The lowest BCUT2D eigenvalue weighted by Gasteiger charge is -2.26. The quantitative estimate of drug-likeness (QED) is 0.902. The van der Waals surface area contributed by atoms with E-state index in [-0.39, 0.29) is 5.91 Å². The number of methoxy groups -OCH3 is 2. The smallest absolute Gasteiger partial charge is 0.255 e. The van der Waals surface area contributed by atoms with E-state index >= 15 is 0 Å². The van der Waals surface area contributed by atoms with Gasteiger partial charge in [0.2, 0.25) is 0 Å². The molecule has 1 fully saturated rings. The first kappa shape index (κ1) is 17.1. The van der Waals surface area contributed by atoms with Crippen molar-refractivity contribution in [1.29, 1.82) is 0 Å². The van der Waals surface area contributed by atoms with Crippen LogP contribution in [0.5, 0.6) is 11.5 Å². The molecule has 0 atom stereocenters. The fraction of sp³-hybridized carbons (Fsp3) is 0.368. The summed E-state index contributed by atoms with van der Waals surface area (Å²) in [4.78, 5) is 18.7. The minimum absolute atomic E-state index is 0.0601. The summed E-state index contributed by atoms with van der Waals surface area (Å²) in [5.74, 6) is 2.04. The monoisotopic (exact) mass is 341 g/mol. The number of amides is 1. The van der Waals surface area contributed by atoms with Gasteiger partial charge in [-0.3, -0.25) is 4.79 Å². The van der Waals surface area contributed by atoms with E-state index in [4.69, 9.17) is 9.47 Å². The van der Waals surface area contributed by atoms with E-state index in [0.29, 0.717) is 22.9 Å². The fourth-order valence-corrected chi connectivity index (χ4v) is 2.94. The lowest BCUT2D eigenvalue weighted by molar-refractivity contribution is 0.0724. The van der Waals surface area contributed by atoms with E-state index in [0.717, 1.165) is 31.6 Å². The zero-order valence-electron chi connectivity index (χ0n) is 14.6. The van der Waals surface area contributed by atoms with Gasteiger partial charge in [0.25, 0.3) is 5.91 Å². The molecule has 0 bridgehead atoms. The molecule has 2 heterocycles. The average molecular weight is 341 g/mol. The van der Waals surface area contributed by atoms with Crippen LogP contribution in [0.4, 0.5) is 11.5 Å². The number of rotatable bonds is 5. The molecule has 1 N–H and O–H groups in total. The second-order valence-electron chi connectivity index (χ2n) is 5.98. The SMILES string of the molecule is COc1ccc(Nc2ccc(C(=O)N3CCCCC3)cn2)cc1OC. The lowest BCUT2D eigenvalue weighted by atomic mass is 10.1. The number of ether oxygens (including phenoxy) is 2. The van der Waals surface area contributed by atoms with E-state index in [1.54, 1.807) is 20.4 Å². The summed E-state index contributed by atoms with van der Waals surface area (Å²) in [7, 11) is 3.20. The van der Waals surface area contributed by atoms with Crippen LogP contribution in [-0.4, -0.2) is 43.1 Å². The Balaban J connectivity index is 1.69. The largest absolute Gasteiger partial charge is 0.493 e. The standard InChI is InChI=1S/C19H23N3O3/c1-24-16-8-7-15(12-17(16)25-2)21-18-9-6-14(13-20-18)19(23)22-10-4-3-5-11-22/h6-9,12-13H,3-5,10-11H2,1-2H3,(H,20,21). The van der Waals surface area contributed by atoms with Gasteiger partial charge in [0.1, 0.15) is 5.82 Å². The van der Waals surface area contributed by atoms with Crippen molar-refractivity contribution >= 4 is 17.4 Å². The van der Waals surface area contributed by atoms with Crippen LogP contribution in [0, 0.1) is 0 Å². The molecule has 6 heteroatoms. The van der Waals surface area contributed by atoms with Gasteiger partial charge in [-0.1, -0.05) is 0 Å². The van der Waals surface area contributed by atoms with E-state index in [9.17, 15) is 4.79 Å². The molecule has 3 rings (SSSR count). The van der Waals surface area contributed by atoms with Crippen LogP contribution in [0.25, 0.3) is 0 Å². The maximum Gasteiger partial charge on any atom is 0.255 e. The summed E-state index contributed by atoms with van der Waals surface area (Å²) in [5.41, 5.74) is 1.46. The number of piperidine rings is 1. The molecule has 0 saturated carbocycles. The number of carbonyl (C=O) groups is 1. The Kier molecular flexibility index (Phi) is 5.38. The number of anilines is 2. The van der Waals surface area contributed by atoms with Gasteiger partial charge in [-0.05, 0) is 43.5 Å². The molecule has 6 nitrogen and oxygen atoms in total. The molecule has 0 unspecified atom stereocenters. The van der Waals surface area contributed by atoms with Crippen molar-refractivity contribution in [1.82, 2.24) is 9.88 Å². The highest BCUT2D eigenvalue weighted by Crippen LogP contribution is 2.30. The Labute approximate surface area is 147 Å². The molecule has 132 valence electrons. The van der Waals surface area contributed by atoms with Gasteiger partial charge in [-0.25, -0.2) is 4.98 Å².